The molecule has 3 aliphatic rings. The molecule has 3 fully saturated rings. The molecule has 3 rings (SSSR count). The van der Waals surface area contributed by atoms with Gasteiger partial charge in [-0.1, -0.05) is 0 Å². The second-order valence-corrected chi connectivity index (χ2v) is 5.68. The van der Waals surface area contributed by atoms with Crippen LogP contribution in [0.3, 0.4) is 0 Å². The fourth-order valence-corrected chi connectivity index (χ4v) is 4.08. The highest BCUT2D eigenvalue weighted by atomic mass is 16.5. The highest BCUT2D eigenvalue weighted by Crippen LogP contribution is 2.58. The van der Waals surface area contributed by atoms with Crippen LogP contribution in [0.1, 0.15) is 25.7 Å². The third-order valence-corrected chi connectivity index (χ3v) is 5.07. The van der Waals surface area contributed by atoms with E-state index in [1.54, 1.807) is 0 Å². The summed E-state index contributed by atoms with van der Waals surface area (Å²) in [7, 11) is 1.42. The Hall–Kier alpha value is -0.610. The van der Waals surface area contributed by atoms with Crippen molar-refractivity contribution in [3.63, 3.8) is 0 Å². The second-order valence-electron chi connectivity index (χ2n) is 5.68. The summed E-state index contributed by atoms with van der Waals surface area (Å²) in [6.45, 7) is 1.14. The number of hydrogen-bond donors (Lipinski definition) is 2. The summed E-state index contributed by atoms with van der Waals surface area (Å²) in [5, 5.41) is 14.0. The molecule has 3 unspecified atom stereocenters. The van der Waals surface area contributed by atoms with Crippen molar-refractivity contribution in [2.75, 3.05) is 20.2 Å². The predicted molar refractivity (Wildman–Crippen MR) is 57.7 cm³/mol. The fraction of sp³-hybridized carbons (Fsp3) is 0.917. The standard InChI is InChI=1S/C12H19NO3/c1-16-10(14)11(6-13-7-11)12(15)5-8-2-3-9(12)4-8/h8-9,13,15H,2-7H2,1H3. The van der Waals surface area contributed by atoms with Gasteiger partial charge in [-0.25, -0.2) is 0 Å². The van der Waals surface area contributed by atoms with Gasteiger partial charge in [-0.2, -0.15) is 0 Å². The lowest BCUT2D eigenvalue weighted by Gasteiger charge is -2.53. The number of esters is 1. The van der Waals surface area contributed by atoms with Crippen molar-refractivity contribution in [3.05, 3.63) is 0 Å². The van der Waals surface area contributed by atoms with Gasteiger partial charge in [0.1, 0.15) is 5.41 Å². The lowest BCUT2D eigenvalue weighted by molar-refractivity contribution is -0.192. The topological polar surface area (TPSA) is 58.6 Å². The molecule has 0 amide bonds. The minimum atomic E-state index is -0.811. The molecule has 1 heterocycles. The van der Waals surface area contributed by atoms with Gasteiger partial charge in [0.05, 0.1) is 12.7 Å². The third kappa shape index (κ3) is 1.04. The molecule has 1 saturated heterocycles. The number of carbonyl (C=O) groups is 1. The molecular weight excluding hydrogens is 206 g/mol. The first-order valence-corrected chi connectivity index (χ1v) is 6.14. The van der Waals surface area contributed by atoms with E-state index >= 15 is 0 Å². The van der Waals surface area contributed by atoms with Crippen molar-refractivity contribution in [1.29, 1.82) is 0 Å². The van der Waals surface area contributed by atoms with Gasteiger partial charge >= 0.3 is 5.97 Å². The van der Waals surface area contributed by atoms with E-state index in [1.807, 2.05) is 0 Å². The van der Waals surface area contributed by atoms with Crippen LogP contribution in [-0.4, -0.2) is 36.9 Å². The second kappa shape index (κ2) is 3.20. The minimum Gasteiger partial charge on any atom is -0.468 e. The van der Waals surface area contributed by atoms with E-state index in [0.717, 1.165) is 19.3 Å². The maximum Gasteiger partial charge on any atom is 0.317 e. The van der Waals surface area contributed by atoms with Crippen LogP contribution in [-0.2, 0) is 9.53 Å². The molecule has 1 aliphatic heterocycles. The van der Waals surface area contributed by atoms with Gasteiger partial charge in [-0.3, -0.25) is 4.79 Å². The number of hydrogen-bond acceptors (Lipinski definition) is 4. The van der Waals surface area contributed by atoms with Crippen molar-refractivity contribution >= 4 is 5.97 Å². The zero-order valence-corrected chi connectivity index (χ0v) is 9.66. The highest BCUT2D eigenvalue weighted by molar-refractivity contribution is 5.80. The number of fused-ring (bicyclic) bond motifs is 2. The molecule has 2 N–H and O–H groups in total. The summed E-state index contributed by atoms with van der Waals surface area (Å²) in [6.07, 6.45) is 4.17. The molecule has 2 bridgehead atoms. The van der Waals surface area contributed by atoms with Crippen molar-refractivity contribution in [3.8, 4) is 0 Å². The van der Waals surface area contributed by atoms with Crippen molar-refractivity contribution in [2.45, 2.75) is 31.3 Å². The number of methoxy groups -OCH3 is 1. The Kier molecular flexibility index (Phi) is 2.11. The van der Waals surface area contributed by atoms with Crippen LogP contribution in [0.4, 0.5) is 0 Å². The first-order valence-electron chi connectivity index (χ1n) is 6.14. The van der Waals surface area contributed by atoms with Gasteiger partial charge < -0.3 is 15.2 Å². The Morgan fingerprint density at radius 1 is 1.44 bits per heavy atom. The average molecular weight is 225 g/mol. The van der Waals surface area contributed by atoms with E-state index in [1.165, 1.54) is 13.5 Å². The minimum absolute atomic E-state index is 0.235. The van der Waals surface area contributed by atoms with Crippen LogP contribution in [0.25, 0.3) is 0 Å². The van der Waals surface area contributed by atoms with Crippen LogP contribution in [0, 0.1) is 17.3 Å². The monoisotopic (exact) mass is 225 g/mol. The summed E-state index contributed by atoms with van der Waals surface area (Å²) in [5.41, 5.74) is -1.48. The zero-order valence-electron chi connectivity index (χ0n) is 9.66. The Balaban J connectivity index is 1.93. The van der Waals surface area contributed by atoms with Gasteiger partial charge in [-0.05, 0) is 37.5 Å². The van der Waals surface area contributed by atoms with Crippen molar-refractivity contribution in [1.82, 2.24) is 5.32 Å². The molecular formula is C12H19NO3. The van der Waals surface area contributed by atoms with Crippen LogP contribution in [0.5, 0.6) is 0 Å². The van der Waals surface area contributed by atoms with Crippen LogP contribution >= 0.6 is 0 Å². The number of ether oxygens (including phenoxy) is 1. The summed E-state index contributed by atoms with van der Waals surface area (Å²) in [5.74, 6) is 0.692. The summed E-state index contributed by atoms with van der Waals surface area (Å²) >= 11 is 0. The van der Waals surface area contributed by atoms with Crippen LogP contribution in [0.2, 0.25) is 0 Å². The van der Waals surface area contributed by atoms with Crippen molar-refractivity contribution < 1.29 is 14.6 Å². The average Bonchev–Trinajstić information content (AvgIpc) is 2.75. The lowest BCUT2D eigenvalue weighted by atomic mass is 9.61. The Morgan fingerprint density at radius 3 is 2.56 bits per heavy atom. The van der Waals surface area contributed by atoms with E-state index in [-0.39, 0.29) is 5.97 Å². The van der Waals surface area contributed by atoms with Crippen LogP contribution < -0.4 is 5.32 Å². The summed E-state index contributed by atoms with van der Waals surface area (Å²) in [6, 6.07) is 0. The van der Waals surface area contributed by atoms with Crippen molar-refractivity contribution in [2.24, 2.45) is 17.3 Å². The SMILES string of the molecule is COC(=O)C1(C2(O)CC3CCC2C3)CNC1. The zero-order chi connectivity index (χ0) is 11.4. The number of rotatable bonds is 2. The number of carbonyl (C=O) groups excluding carboxylic acids is 1. The smallest absolute Gasteiger partial charge is 0.317 e. The number of nitrogens with one attached hydrogen (secondary N) is 1. The van der Waals surface area contributed by atoms with Gasteiger partial charge in [0.2, 0.25) is 0 Å². The quantitative estimate of drug-likeness (QED) is 0.664. The van der Waals surface area contributed by atoms with E-state index in [0.29, 0.717) is 24.9 Å². The lowest BCUT2D eigenvalue weighted by Crippen LogP contribution is -2.71. The molecule has 4 nitrogen and oxygen atoms in total. The summed E-state index contributed by atoms with van der Waals surface area (Å²) < 4.78 is 4.90. The van der Waals surface area contributed by atoms with E-state index in [9.17, 15) is 9.90 Å². The largest absolute Gasteiger partial charge is 0.468 e. The summed E-state index contributed by atoms with van der Waals surface area (Å²) in [4.78, 5) is 12.0. The van der Waals surface area contributed by atoms with E-state index in [4.69, 9.17) is 4.74 Å². The maximum atomic E-state index is 12.0. The molecule has 0 aromatic heterocycles. The molecule has 0 spiro atoms. The maximum absolute atomic E-state index is 12.0. The molecule has 16 heavy (non-hydrogen) atoms. The molecule has 0 aromatic carbocycles. The Bertz CT molecular complexity index is 326. The van der Waals surface area contributed by atoms with Gasteiger partial charge in [-0.15, -0.1) is 0 Å². The molecule has 2 aliphatic carbocycles. The highest BCUT2D eigenvalue weighted by Gasteiger charge is 2.67. The predicted octanol–water partition coefficient (Wildman–Crippen LogP) is 0.300. The van der Waals surface area contributed by atoms with E-state index < -0.39 is 11.0 Å². The molecule has 2 saturated carbocycles. The van der Waals surface area contributed by atoms with Gasteiger partial charge in [0, 0.05) is 13.1 Å². The Morgan fingerprint density at radius 2 is 2.19 bits per heavy atom. The molecule has 3 atom stereocenters. The molecule has 0 aromatic rings. The first-order chi connectivity index (χ1) is 7.62. The van der Waals surface area contributed by atoms with Gasteiger partial charge in [0.25, 0.3) is 0 Å². The number of aliphatic hydroxyl groups is 1. The normalized spacial score (nSPS) is 44.1. The molecule has 90 valence electrons. The van der Waals surface area contributed by atoms with Crippen LogP contribution in [0.15, 0.2) is 0 Å². The first kappa shape index (κ1) is 10.5. The molecule has 4 heteroatoms. The Labute approximate surface area is 95.4 Å². The van der Waals surface area contributed by atoms with E-state index in [2.05, 4.69) is 5.32 Å². The fourth-order valence-electron chi connectivity index (χ4n) is 4.08. The van der Waals surface area contributed by atoms with Gasteiger partial charge in [0.15, 0.2) is 0 Å². The molecule has 0 radical (unpaired) electrons. The third-order valence-electron chi connectivity index (χ3n) is 5.07.